The molecule has 0 saturated heterocycles. The van der Waals surface area contributed by atoms with Crippen molar-refractivity contribution in [3.05, 3.63) is 43.4 Å². The second-order valence-corrected chi connectivity index (χ2v) is 5.08. The monoisotopic (exact) mass is 334 g/mol. The van der Waals surface area contributed by atoms with Crippen molar-refractivity contribution < 1.29 is 9.21 Å². The van der Waals surface area contributed by atoms with Gasteiger partial charge in [0.2, 0.25) is 5.78 Å². The molecule has 0 aliphatic carbocycles. The number of furan rings is 1. The zero-order chi connectivity index (χ0) is 10.1. The maximum atomic E-state index is 11.8. The van der Waals surface area contributed by atoms with Crippen molar-refractivity contribution in [3.63, 3.8) is 0 Å². The average molecular weight is 336 g/mol. The summed E-state index contributed by atoms with van der Waals surface area (Å²) in [6.07, 6.45) is 0. The normalized spacial score (nSPS) is 10.4. The summed E-state index contributed by atoms with van der Waals surface area (Å²) in [6.45, 7) is 0. The fourth-order valence-corrected chi connectivity index (χ4v) is 2.81. The van der Waals surface area contributed by atoms with Crippen LogP contribution in [0.4, 0.5) is 0 Å². The second kappa shape index (κ2) is 4.00. The third-order valence-electron chi connectivity index (χ3n) is 1.62. The molecule has 2 rings (SSSR count). The van der Waals surface area contributed by atoms with Gasteiger partial charge in [-0.2, -0.15) is 0 Å². The van der Waals surface area contributed by atoms with Crippen LogP contribution in [0.25, 0.3) is 0 Å². The van der Waals surface area contributed by atoms with E-state index in [1.54, 1.807) is 12.1 Å². The molecule has 0 spiro atoms. The Balaban J connectivity index is 2.38. The minimum absolute atomic E-state index is 0.0995. The van der Waals surface area contributed by atoms with E-state index in [1.165, 1.54) is 11.3 Å². The first-order valence-corrected chi connectivity index (χ1v) is 6.18. The van der Waals surface area contributed by atoms with Crippen molar-refractivity contribution in [3.8, 4) is 0 Å². The molecule has 0 aliphatic heterocycles. The number of ketones is 1. The van der Waals surface area contributed by atoms with E-state index in [1.807, 2.05) is 11.4 Å². The smallest absolute Gasteiger partial charge is 0.239 e. The van der Waals surface area contributed by atoms with Gasteiger partial charge in [0.15, 0.2) is 10.4 Å². The number of thiophene rings is 1. The highest BCUT2D eigenvalue weighted by atomic mass is 79.9. The molecule has 0 fully saturated rings. The molecule has 0 aliphatic rings. The van der Waals surface area contributed by atoms with Gasteiger partial charge in [-0.3, -0.25) is 4.79 Å². The number of carbonyl (C=O) groups is 1. The van der Waals surface area contributed by atoms with Crippen molar-refractivity contribution in [2.45, 2.75) is 0 Å². The molecule has 2 heterocycles. The van der Waals surface area contributed by atoms with Crippen LogP contribution in [0.2, 0.25) is 0 Å². The Kier molecular flexibility index (Phi) is 2.90. The molecule has 0 atom stereocenters. The standard InChI is InChI=1S/C9H4Br2O2S/c10-5-3-4-14-9(5)8(12)6-1-2-7(11)13-6/h1-4H. The maximum Gasteiger partial charge on any atom is 0.239 e. The molecule has 2 aromatic rings. The zero-order valence-corrected chi connectivity index (χ0v) is 10.8. The molecule has 0 N–H and O–H groups in total. The molecule has 14 heavy (non-hydrogen) atoms. The van der Waals surface area contributed by atoms with E-state index in [4.69, 9.17) is 4.42 Å². The topological polar surface area (TPSA) is 30.2 Å². The number of rotatable bonds is 2. The summed E-state index contributed by atoms with van der Waals surface area (Å²) in [5.74, 6) is 0.248. The van der Waals surface area contributed by atoms with E-state index >= 15 is 0 Å². The Morgan fingerprint density at radius 1 is 1.29 bits per heavy atom. The zero-order valence-electron chi connectivity index (χ0n) is 6.79. The Morgan fingerprint density at radius 2 is 2.07 bits per heavy atom. The molecule has 0 amide bonds. The number of carbonyl (C=O) groups excluding carboxylic acids is 1. The van der Waals surface area contributed by atoms with E-state index < -0.39 is 0 Å². The molecule has 72 valence electrons. The third-order valence-corrected chi connectivity index (χ3v) is 3.88. The first kappa shape index (κ1) is 10.1. The van der Waals surface area contributed by atoms with Gasteiger partial charge in [-0.25, -0.2) is 0 Å². The van der Waals surface area contributed by atoms with Crippen LogP contribution >= 0.6 is 43.2 Å². The van der Waals surface area contributed by atoms with E-state index in [9.17, 15) is 4.79 Å². The van der Waals surface area contributed by atoms with Crippen LogP contribution < -0.4 is 0 Å². The highest BCUT2D eigenvalue weighted by molar-refractivity contribution is 9.10. The molecular formula is C9H4Br2O2S. The highest BCUT2D eigenvalue weighted by Crippen LogP contribution is 2.26. The molecular weight excluding hydrogens is 332 g/mol. The lowest BCUT2D eigenvalue weighted by molar-refractivity contribution is 0.101. The predicted molar refractivity (Wildman–Crippen MR) is 61.9 cm³/mol. The van der Waals surface area contributed by atoms with Crippen LogP contribution in [0.15, 0.2) is 37.1 Å². The van der Waals surface area contributed by atoms with E-state index in [-0.39, 0.29) is 5.78 Å². The lowest BCUT2D eigenvalue weighted by Gasteiger charge is -1.93. The van der Waals surface area contributed by atoms with E-state index in [0.717, 1.165) is 4.47 Å². The molecule has 0 aromatic carbocycles. The molecule has 5 heteroatoms. The summed E-state index contributed by atoms with van der Waals surface area (Å²) in [6, 6.07) is 5.20. The lowest BCUT2D eigenvalue weighted by atomic mass is 10.2. The Hall–Kier alpha value is -0.390. The Morgan fingerprint density at radius 3 is 2.57 bits per heavy atom. The third kappa shape index (κ3) is 1.85. The van der Waals surface area contributed by atoms with Crippen molar-refractivity contribution in [1.29, 1.82) is 0 Å². The minimum Gasteiger partial charge on any atom is -0.446 e. The highest BCUT2D eigenvalue weighted by Gasteiger charge is 2.17. The largest absolute Gasteiger partial charge is 0.446 e. The van der Waals surface area contributed by atoms with Crippen LogP contribution in [0.3, 0.4) is 0 Å². The second-order valence-electron chi connectivity index (χ2n) is 2.53. The van der Waals surface area contributed by atoms with Crippen molar-refractivity contribution in [2.24, 2.45) is 0 Å². The minimum atomic E-state index is -0.0995. The van der Waals surface area contributed by atoms with Crippen LogP contribution in [0.5, 0.6) is 0 Å². The molecule has 2 nitrogen and oxygen atoms in total. The van der Waals surface area contributed by atoms with Gasteiger partial charge in [-0.05, 0) is 55.4 Å². The van der Waals surface area contributed by atoms with Gasteiger partial charge in [-0.15, -0.1) is 11.3 Å². The summed E-state index contributed by atoms with van der Waals surface area (Å²) in [7, 11) is 0. The number of hydrogen-bond acceptors (Lipinski definition) is 3. The summed E-state index contributed by atoms with van der Waals surface area (Å²) in [5.41, 5.74) is 0. The van der Waals surface area contributed by atoms with Crippen LogP contribution in [-0.4, -0.2) is 5.78 Å². The van der Waals surface area contributed by atoms with Gasteiger partial charge < -0.3 is 4.42 Å². The molecule has 0 unspecified atom stereocenters. The van der Waals surface area contributed by atoms with E-state index in [0.29, 0.717) is 15.3 Å². The molecule has 2 aromatic heterocycles. The fourth-order valence-electron chi connectivity index (χ4n) is 1.00. The summed E-state index contributed by atoms with van der Waals surface area (Å²) >= 11 is 7.85. The molecule has 0 bridgehead atoms. The van der Waals surface area contributed by atoms with E-state index in [2.05, 4.69) is 31.9 Å². The van der Waals surface area contributed by atoms with Crippen LogP contribution in [0, 0.1) is 0 Å². The molecule has 0 saturated carbocycles. The summed E-state index contributed by atoms with van der Waals surface area (Å²) in [5, 5.41) is 1.86. The number of hydrogen-bond donors (Lipinski definition) is 0. The first-order chi connectivity index (χ1) is 6.68. The quantitative estimate of drug-likeness (QED) is 0.773. The van der Waals surface area contributed by atoms with Crippen molar-refractivity contribution in [1.82, 2.24) is 0 Å². The summed E-state index contributed by atoms with van der Waals surface area (Å²) < 4.78 is 6.55. The Labute approximate surface area is 101 Å². The van der Waals surface area contributed by atoms with Crippen LogP contribution in [-0.2, 0) is 0 Å². The fraction of sp³-hybridized carbons (Fsp3) is 0. The summed E-state index contributed by atoms with van der Waals surface area (Å²) in [4.78, 5) is 12.5. The average Bonchev–Trinajstić information content (AvgIpc) is 2.73. The number of halogens is 2. The first-order valence-electron chi connectivity index (χ1n) is 3.71. The predicted octanol–water partition coefficient (Wildman–Crippen LogP) is 4.10. The van der Waals surface area contributed by atoms with Gasteiger partial charge in [0.25, 0.3) is 0 Å². The Bertz CT molecular complexity index is 473. The van der Waals surface area contributed by atoms with Gasteiger partial charge in [0.1, 0.15) is 0 Å². The van der Waals surface area contributed by atoms with Crippen LogP contribution in [0.1, 0.15) is 15.4 Å². The SMILES string of the molecule is O=C(c1ccc(Br)o1)c1sccc1Br. The van der Waals surface area contributed by atoms with Crippen molar-refractivity contribution >= 4 is 49.0 Å². The maximum absolute atomic E-state index is 11.8. The van der Waals surface area contributed by atoms with Gasteiger partial charge >= 0.3 is 0 Å². The van der Waals surface area contributed by atoms with Gasteiger partial charge in [-0.1, -0.05) is 0 Å². The van der Waals surface area contributed by atoms with Gasteiger partial charge in [0, 0.05) is 4.47 Å². The van der Waals surface area contributed by atoms with Gasteiger partial charge in [0.05, 0.1) is 4.88 Å². The van der Waals surface area contributed by atoms with Crippen molar-refractivity contribution in [2.75, 3.05) is 0 Å². The molecule has 0 radical (unpaired) electrons. The lowest BCUT2D eigenvalue weighted by Crippen LogP contribution is -1.96.